The van der Waals surface area contributed by atoms with Gasteiger partial charge < -0.3 is 0 Å². The van der Waals surface area contributed by atoms with Crippen LogP contribution in [0.1, 0.15) is 19.4 Å². The Balaban J connectivity index is 2.36. The van der Waals surface area contributed by atoms with Crippen LogP contribution in [0.3, 0.4) is 0 Å². The standard InChI is InChI=1S/C12H12P/c1-9-8-13-12(10(9)2)11-6-4-3-5-7-11/h3-8H,1-2H3. The van der Waals surface area contributed by atoms with Crippen LogP contribution in [0.15, 0.2) is 41.5 Å². The minimum Gasteiger partial charge on any atom is -0.0860 e. The molecule has 1 radical (unpaired) electrons. The summed E-state index contributed by atoms with van der Waals surface area (Å²) in [6.45, 7) is 4.38. The van der Waals surface area contributed by atoms with Crippen molar-refractivity contribution in [3.63, 3.8) is 0 Å². The number of allylic oxidation sites excluding steroid dienone is 2. The minimum absolute atomic E-state index is 1.34. The van der Waals surface area contributed by atoms with Gasteiger partial charge in [0.15, 0.2) is 0 Å². The highest BCUT2D eigenvalue weighted by Gasteiger charge is 2.17. The van der Waals surface area contributed by atoms with E-state index in [4.69, 9.17) is 0 Å². The lowest BCUT2D eigenvalue weighted by molar-refractivity contribution is 1.30. The van der Waals surface area contributed by atoms with E-state index in [1.807, 2.05) is 0 Å². The van der Waals surface area contributed by atoms with Crippen molar-refractivity contribution in [2.45, 2.75) is 13.8 Å². The highest BCUT2D eigenvalue weighted by atomic mass is 31.1. The fourth-order valence-electron chi connectivity index (χ4n) is 1.43. The molecule has 0 bridgehead atoms. The van der Waals surface area contributed by atoms with Crippen molar-refractivity contribution in [3.05, 3.63) is 52.7 Å². The van der Waals surface area contributed by atoms with Crippen LogP contribution in [0.2, 0.25) is 0 Å². The summed E-state index contributed by atoms with van der Waals surface area (Å²) in [5, 5.41) is 0. The van der Waals surface area contributed by atoms with E-state index in [2.05, 4.69) is 50.0 Å². The Kier molecular flexibility index (Phi) is 2.33. The maximum Gasteiger partial charge on any atom is 0.0792 e. The van der Waals surface area contributed by atoms with Crippen LogP contribution >= 0.6 is 8.20 Å². The number of benzene rings is 1. The fourth-order valence-corrected chi connectivity index (χ4v) is 2.61. The van der Waals surface area contributed by atoms with E-state index in [0.717, 1.165) is 0 Å². The molecule has 1 aliphatic rings. The first-order valence-corrected chi connectivity index (χ1v) is 5.39. The van der Waals surface area contributed by atoms with Gasteiger partial charge >= 0.3 is 0 Å². The van der Waals surface area contributed by atoms with Crippen LogP contribution in [-0.2, 0) is 0 Å². The molecule has 0 N–H and O–H groups in total. The third kappa shape index (κ3) is 1.59. The van der Waals surface area contributed by atoms with E-state index in [1.165, 1.54) is 30.6 Å². The summed E-state index contributed by atoms with van der Waals surface area (Å²) in [5.41, 5.74) is 5.67. The van der Waals surface area contributed by atoms with Crippen LogP contribution in [0.25, 0.3) is 0 Å². The van der Waals surface area contributed by atoms with Crippen LogP contribution in [0.5, 0.6) is 0 Å². The van der Waals surface area contributed by atoms with E-state index < -0.39 is 0 Å². The van der Waals surface area contributed by atoms with E-state index >= 15 is 0 Å². The predicted molar refractivity (Wildman–Crippen MR) is 60.1 cm³/mol. The lowest BCUT2D eigenvalue weighted by atomic mass is 10.0. The lowest BCUT2D eigenvalue weighted by Gasteiger charge is -2.08. The SMILES string of the molecule is CC1=C(C)[C](c2ccccc2)P=C1. The van der Waals surface area contributed by atoms with Crippen LogP contribution in [0.4, 0.5) is 0 Å². The monoisotopic (exact) mass is 187 g/mol. The first-order chi connectivity index (χ1) is 6.29. The first-order valence-electron chi connectivity index (χ1n) is 4.43. The molecule has 0 saturated carbocycles. The van der Waals surface area contributed by atoms with E-state index in [-0.39, 0.29) is 0 Å². The Morgan fingerprint density at radius 2 is 1.69 bits per heavy atom. The van der Waals surface area contributed by atoms with E-state index in [9.17, 15) is 0 Å². The Morgan fingerprint density at radius 1 is 1.00 bits per heavy atom. The second-order valence-electron chi connectivity index (χ2n) is 3.28. The van der Waals surface area contributed by atoms with Crippen molar-refractivity contribution in [1.82, 2.24) is 0 Å². The molecular formula is C12H12P. The predicted octanol–water partition coefficient (Wildman–Crippen LogP) is 3.67. The van der Waals surface area contributed by atoms with Crippen molar-refractivity contribution >= 4 is 14.0 Å². The summed E-state index contributed by atoms with van der Waals surface area (Å²) in [7, 11) is 1.34. The van der Waals surface area contributed by atoms with Gasteiger partial charge in [0.1, 0.15) is 0 Å². The van der Waals surface area contributed by atoms with Gasteiger partial charge in [0.25, 0.3) is 0 Å². The minimum atomic E-state index is 1.34. The molecule has 0 atom stereocenters. The molecule has 1 aromatic carbocycles. The molecule has 0 aliphatic carbocycles. The van der Waals surface area contributed by atoms with Gasteiger partial charge in [-0.3, -0.25) is 0 Å². The normalized spacial score (nSPS) is 18.3. The van der Waals surface area contributed by atoms with Gasteiger partial charge in [-0.15, -0.1) is 0 Å². The van der Waals surface area contributed by atoms with Crippen LogP contribution in [-0.4, -0.2) is 5.80 Å². The van der Waals surface area contributed by atoms with Gasteiger partial charge in [-0.2, -0.15) is 0 Å². The molecule has 2 rings (SSSR count). The van der Waals surface area contributed by atoms with Gasteiger partial charge in [0.2, 0.25) is 0 Å². The Labute approximate surface area is 81.1 Å². The van der Waals surface area contributed by atoms with Gasteiger partial charge in [0.05, 0.1) is 5.66 Å². The third-order valence-corrected chi connectivity index (χ3v) is 3.75. The van der Waals surface area contributed by atoms with Gasteiger partial charge in [-0.1, -0.05) is 38.5 Å². The number of hydrogen-bond donors (Lipinski definition) is 0. The molecule has 1 heterocycles. The molecule has 0 aromatic heterocycles. The average molecular weight is 187 g/mol. The van der Waals surface area contributed by atoms with Crippen molar-refractivity contribution < 1.29 is 0 Å². The summed E-state index contributed by atoms with van der Waals surface area (Å²) in [4.78, 5) is 0. The summed E-state index contributed by atoms with van der Waals surface area (Å²) in [6, 6.07) is 10.6. The van der Waals surface area contributed by atoms with Crippen molar-refractivity contribution in [2.75, 3.05) is 0 Å². The third-order valence-electron chi connectivity index (χ3n) is 2.38. The molecule has 0 fully saturated rings. The highest BCUT2D eigenvalue weighted by Crippen LogP contribution is 2.39. The van der Waals surface area contributed by atoms with Crippen LogP contribution < -0.4 is 0 Å². The summed E-state index contributed by atoms with van der Waals surface area (Å²) >= 11 is 0. The largest absolute Gasteiger partial charge is 0.0860 e. The Morgan fingerprint density at radius 3 is 2.23 bits per heavy atom. The highest BCUT2D eigenvalue weighted by molar-refractivity contribution is 7.44. The summed E-state index contributed by atoms with van der Waals surface area (Å²) in [5.74, 6) is 2.28. The first kappa shape index (κ1) is 8.72. The van der Waals surface area contributed by atoms with Gasteiger partial charge in [-0.05, 0) is 36.4 Å². The maximum absolute atomic E-state index is 2.28. The molecule has 1 aromatic rings. The second-order valence-corrected chi connectivity index (χ2v) is 4.24. The van der Waals surface area contributed by atoms with Crippen molar-refractivity contribution in [3.8, 4) is 0 Å². The summed E-state index contributed by atoms with van der Waals surface area (Å²) < 4.78 is 0. The smallest absolute Gasteiger partial charge is 0.0792 e. The average Bonchev–Trinajstić information content (AvgIpc) is 2.49. The van der Waals surface area contributed by atoms with E-state index in [1.54, 1.807) is 0 Å². The zero-order chi connectivity index (χ0) is 9.26. The topological polar surface area (TPSA) is 0 Å². The molecule has 0 saturated heterocycles. The number of hydrogen-bond acceptors (Lipinski definition) is 0. The molecule has 0 spiro atoms. The fraction of sp³-hybridized carbons (Fsp3) is 0.167. The lowest BCUT2D eigenvalue weighted by Crippen LogP contribution is -1.91. The molecule has 65 valence electrons. The summed E-state index contributed by atoms with van der Waals surface area (Å²) in [6.07, 6.45) is 0. The number of rotatable bonds is 1. The molecule has 0 amide bonds. The maximum atomic E-state index is 2.28. The quantitative estimate of drug-likeness (QED) is 0.588. The Bertz CT molecular complexity index is 360. The van der Waals surface area contributed by atoms with Gasteiger partial charge in [-0.25, -0.2) is 0 Å². The Hall–Kier alpha value is -0.870. The van der Waals surface area contributed by atoms with Gasteiger partial charge in [0, 0.05) is 0 Å². The zero-order valence-electron chi connectivity index (χ0n) is 7.91. The van der Waals surface area contributed by atoms with Crippen LogP contribution in [0, 0.1) is 5.66 Å². The molecule has 1 heteroatoms. The molecule has 1 aliphatic heterocycles. The molecular weight excluding hydrogens is 175 g/mol. The van der Waals surface area contributed by atoms with Crippen molar-refractivity contribution in [1.29, 1.82) is 0 Å². The van der Waals surface area contributed by atoms with Crippen molar-refractivity contribution in [2.24, 2.45) is 0 Å². The molecule has 0 unspecified atom stereocenters. The zero-order valence-corrected chi connectivity index (χ0v) is 8.81. The molecule has 0 nitrogen and oxygen atoms in total. The second kappa shape index (κ2) is 3.47. The van der Waals surface area contributed by atoms with E-state index in [0.29, 0.717) is 0 Å². The molecule has 13 heavy (non-hydrogen) atoms.